The maximum Gasteiger partial charge on any atom is 0.252 e. The van der Waals surface area contributed by atoms with Gasteiger partial charge < -0.3 is 9.72 Å². The Hall–Kier alpha value is -3.52. The first-order chi connectivity index (χ1) is 17.2. The van der Waals surface area contributed by atoms with Gasteiger partial charge in [-0.2, -0.15) is 0 Å². The number of benzene rings is 2. The zero-order valence-corrected chi connectivity index (χ0v) is 22.1. The van der Waals surface area contributed by atoms with Gasteiger partial charge in [-0.15, -0.1) is 5.10 Å². The van der Waals surface area contributed by atoms with Gasteiger partial charge in [0.15, 0.2) is 5.82 Å². The molecule has 190 valence electrons. The SMILES string of the molecule is CC[C@@H](c1nnnn1C(C)(C)CC)N(Cc1ccc(C)cc1)Cc1cc2cc(OC)ccc2[nH]c1=O. The van der Waals surface area contributed by atoms with E-state index in [2.05, 4.69) is 84.3 Å². The molecule has 0 saturated heterocycles. The van der Waals surface area contributed by atoms with Crippen molar-refractivity contribution < 1.29 is 4.74 Å². The number of methoxy groups -OCH3 is 1. The molecule has 0 spiro atoms. The third kappa shape index (κ3) is 5.33. The fourth-order valence-corrected chi connectivity index (χ4v) is 4.48. The topological polar surface area (TPSA) is 88.9 Å². The summed E-state index contributed by atoms with van der Waals surface area (Å²) in [5, 5.41) is 13.8. The minimum absolute atomic E-state index is 0.0764. The molecule has 0 aliphatic carbocycles. The Kier molecular flexibility index (Phi) is 7.54. The number of nitrogens with one attached hydrogen (secondary N) is 1. The molecule has 0 saturated carbocycles. The number of aryl methyl sites for hydroxylation is 1. The maximum atomic E-state index is 13.1. The number of hydrogen-bond acceptors (Lipinski definition) is 6. The van der Waals surface area contributed by atoms with Crippen LogP contribution in [0.5, 0.6) is 5.75 Å². The number of tetrazole rings is 1. The molecule has 0 unspecified atom stereocenters. The first-order valence-electron chi connectivity index (χ1n) is 12.5. The van der Waals surface area contributed by atoms with Gasteiger partial charge in [-0.3, -0.25) is 9.69 Å². The third-order valence-electron chi connectivity index (χ3n) is 7.07. The molecule has 36 heavy (non-hydrogen) atoms. The smallest absolute Gasteiger partial charge is 0.252 e. The maximum absolute atomic E-state index is 13.1. The van der Waals surface area contributed by atoms with Crippen molar-refractivity contribution in [3.63, 3.8) is 0 Å². The van der Waals surface area contributed by atoms with Crippen LogP contribution in [0.25, 0.3) is 10.9 Å². The zero-order chi connectivity index (χ0) is 25.9. The van der Waals surface area contributed by atoms with Gasteiger partial charge in [0.25, 0.3) is 5.56 Å². The van der Waals surface area contributed by atoms with Crippen LogP contribution in [-0.2, 0) is 18.6 Å². The Morgan fingerprint density at radius 1 is 1.08 bits per heavy atom. The molecule has 0 radical (unpaired) electrons. The third-order valence-corrected chi connectivity index (χ3v) is 7.07. The Morgan fingerprint density at radius 2 is 1.83 bits per heavy atom. The standard InChI is InChI=1S/C28H36N6O2/c1-7-25(26-30-31-32-34(26)28(4,5)8-2)33(17-20-11-9-19(3)10-12-20)18-22-15-21-16-23(36-6)13-14-24(21)29-27(22)35/h9-16,25H,7-8,17-18H2,1-6H3,(H,29,35)/t25-/m0/s1. The summed E-state index contributed by atoms with van der Waals surface area (Å²) in [6.45, 7) is 11.8. The summed E-state index contributed by atoms with van der Waals surface area (Å²) in [4.78, 5) is 18.5. The van der Waals surface area contributed by atoms with Crippen molar-refractivity contribution in [3.05, 3.63) is 81.4 Å². The molecule has 4 aromatic rings. The second-order valence-corrected chi connectivity index (χ2v) is 10.0. The highest BCUT2D eigenvalue weighted by Gasteiger charge is 2.31. The molecule has 8 nitrogen and oxygen atoms in total. The number of nitrogens with zero attached hydrogens (tertiary/aromatic N) is 5. The minimum Gasteiger partial charge on any atom is -0.497 e. The Balaban J connectivity index is 1.77. The number of ether oxygens (including phenoxy) is 1. The van der Waals surface area contributed by atoms with Crippen LogP contribution in [0.15, 0.2) is 53.3 Å². The lowest BCUT2D eigenvalue weighted by Crippen LogP contribution is -2.36. The van der Waals surface area contributed by atoms with Gasteiger partial charge >= 0.3 is 0 Å². The molecule has 8 heteroatoms. The lowest BCUT2D eigenvalue weighted by atomic mass is 10.0. The van der Waals surface area contributed by atoms with E-state index in [1.54, 1.807) is 7.11 Å². The fourth-order valence-electron chi connectivity index (χ4n) is 4.48. The molecule has 0 aliphatic heterocycles. The summed E-state index contributed by atoms with van der Waals surface area (Å²) < 4.78 is 7.34. The molecular formula is C28H36N6O2. The van der Waals surface area contributed by atoms with E-state index >= 15 is 0 Å². The number of pyridine rings is 1. The van der Waals surface area contributed by atoms with Gasteiger partial charge in [0, 0.05) is 29.6 Å². The quantitative estimate of drug-likeness (QED) is 0.333. The number of rotatable bonds is 10. The highest BCUT2D eigenvalue weighted by Crippen LogP contribution is 2.30. The monoisotopic (exact) mass is 488 g/mol. The van der Waals surface area contributed by atoms with Crippen LogP contribution in [0.3, 0.4) is 0 Å². The van der Waals surface area contributed by atoms with Crippen molar-refractivity contribution in [1.29, 1.82) is 0 Å². The van der Waals surface area contributed by atoms with E-state index in [-0.39, 0.29) is 17.1 Å². The van der Waals surface area contributed by atoms with Crippen molar-refractivity contribution in [3.8, 4) is 5.75 Å². The number of fused-ring (bicyclic) bond motifs is 1. The first-order valence-corrected chi connectivity index (χ1v) is 12.5. The van der Waals surface area contributed by atoms with Crippen molar-refractivity contribution in [2.45, 2.75) is 72.1 Å². The molecule has 2 aromatic heterocycles. The largest absolute Gasteiger partial charge is 0.497 e. The molecule has 4 rings (SSSR count). The van der Waals surface area contributed by atoms with Crippen LogP contribution in [0.4, 0.5) is 0 Å². The molecular weight excluding hydrogens is 452 g/mol. The summed E-state index contributed by atoms with van der Waals surface area (Å²) in [5.41, 5.74) is 3.55. The van der Waals surface area contributed by atoms with Crippen LogP contribution in [0.2, 0.25) is 0 Å². The van der Waals surface area contributed by atoms with E-state index in [9.17, 15) is 4.79 Å². The summed E-state index contributed by atoms with van der Waals surface area (Å²) in [6.07, 6.45) is 1.69. The predicted octanol–water partition coefficient (Wildman–Crippen LogP) is 5.13. The first kappa shape index (κ1) is 25.6. The summed E-state index contributed by atoms with van der Waals surface area (Å²) in [5.74, 6) is 1.57. The van der Waals surface area contributed by atoms with E-state index in [1.807, 2.05) is 28.9 Å². The van der Waals surface area contributed by atoms with Crippen molar-refractivity contribution in [1.82, 2.24) is 30.1 Å². The second-order valence-electron chi connectivity index (χ2n) is 10.0. The molecule has 0 amide bonds. The number of H-pyrrole nitrogens is 1. The number of hydrogen-bond donors (Lipinski definition) is 1. The zero-order valence-electron chi connectivity index (χ0n) is 22.1. The van der Waals surface area contributed by atoms with Gasteiger partial charge in [-0.25, -0.2) is 4.68 Å². The van der Waals surface area contributed by atoms with Gasteiger partial charge in [-0.05, 0) is 73.9 Å². The van der Waals surface area contributed by atoms with E-state index < -0.39 is 0 Å². The second kappa shape index (κ2) is 10.6. The lowest BCUT2D eigenvalue weighted by molar-refractivity contribution is 0.150. The molecule has 2 heterocycles. The van der Waals surface area contributed by atoms with E-state index in [0.717, 1.165) is 35.3 Å². The van der Waals surface area contributed by atoms with Crippen LogP contribution in [0, 0.1) is 6.92 Å². The Morgan fingerprint density at radius 3 is 2.50 bits per heavy atom. The Bertz CT molecular complexity index is 1370. The molecule has 0 aliphatic rings. The van der Waals surface area contributed by atoms with Gasteiger partial charge in [-0.1, -0.05) is 43.7 Å². The highest BCUT2D eigenvalue weighted by atomic mass is 16.5. The van der Waals surface area contributed by atoms with Gasteiger partial charge in [0.1, 0.15) is 5.75 Å². The molecule has 1 N–H and O–H groups in total. The molecule has 2 aromatic carbocycles. The van der Waals surface area contributed by atoms with Crippen molar-refractivity contribution in [2.75, 3.05) is 7.11 Å². The molecule has 1 atom stereocenters. The average molecular weight is 489 g/mol. The molecule has 0 bridgehead atoms. The van der Waals surface area contributed by atoms with Crippen molar-refractivity contribution >= 4 is 10.9 Å². The predicted molar refractivity (Wildman–Crippen MR) is 142 cm³/mol. The lowest BCUT2D eigenvalue weighted by Gasteiger charge is -2.33. The van der Waals surface area contributed by atoms with Gasteiger partial charge in [0.2, 0.25) is 0 Å². The number of aromatic amines is 1. The molecule has 0 fully saturated rings. The summed E-state index contributed by atoms with van der Waals surface area (Å²) in [7, 11) is 1.64. The number of aromatic nitrogens is 5. The minimum atomic E-state index is -0.223. The van der Waals surface area contributed by atoms with E-state index in [1.165, 1.54) is 11.1 Å². The fraction of sp³-hybridized carbons (Fsp3) is 0.429. The summed E-state index contributed by atoms with van der Waals surface area (Å²) >= 11 is 0. The van der Waals surface area contributed by atoms with Gasteiger partial charge in [0.05, 0.1) is 18.7 Å². The Labute approximate surface area is 212 Å². The normalized spacial score (nSPS) is 12.9. The highest BCUT2D eigenvalue weighted by molar-refractivity contribution is 5.80. The van der Waals surface area contributed by atoms with Crippen LogP contribution in [-0.4, -0.2) is 37.2 Å². The van der Waals surface area contributed by atoms with E-state index in [4.69, 9.17) is 4.74 Å². The van der Waals surface area contributed by atoms with Crippen LogP contribution >= 0.6 is 0 Å². The average Bonchev–Trinajstić information content (AvgIpc) is 3.36. The van der Waals surface area contributed by atoms with Crippen LogP contribution in [0.1, 0.15) is 69.1 Å². The van der Waals surface area contributed by atoms with E-state index in [0.29, 0.717) is 18.7 Å². The summed E-state index contributed by atoms with van der Waals surface area (Å²) in [6, 6.07) is 16.1. The van der Waals surface area contributed by atoms with Crippen LogP contribution < -0.4 is 10.3 Å². The van der Waals surface area contributed by atoms with Crippen molar-refractivity contribution in [2.24, 2.45) is 0 Å².